The summed E-state index contributed by atoms with van der Waals surface area (Å²) in [5.41, 5.74) is 1.08. The molecule has 0 aliphatic heterocycles. The van der Waals surface area contributed by atoms with Gasteiger partial charge in [-0.05, 0) is 26.2 Å². The maximum Gasteiger partial charge on any atom is 0.224 e. The van der Waals surface area contributed by atoms with Gasteiger partial charge >= 0.3 is 0 Å². The molecule has 0 saturated carbocycles. The number of aromatic nitrogens is 2. The molecule has 0 aromatic carbocycles. The van der Waals surface area contributed by atoms with Gasteiger partial charge in [0.25, 0.3) is 0 Å². The predicted octanol–water partition coefficient (Wildman–Crippen LogP) is 3.06. The lowest BCUT2D eigenvalue weighted by molar-refractivity contribution is 0.558. The summed E-state index contributed by atoms with van der Waals surface area (Å²) in [5, 5.41) is 6.64. The fourth-order valence-corrected chi connectivity index (χ4v) is 1.29. The summed E-state index contributed by atoms with van der Waals surface area (Å²) in [4.78, 5) is 8.77. The lowest BCUT2D eigenvalue weighted by Gasteiger charge is -2.19. The molecule has 0 aliphatic rings. The van der Waals surface area contributed by atoms with Crippen LogP contribution in [0.1, 0.15) is 39.7 Å². The van der Waals surface area contributed by atoms with Crippen molar-refractivity contribution in [3.05, 3.63) is 11.8 Å². The fourth-order valence-electron chi connectivity index (χ4n) is 1.29. The number of aryl methyl sites for hydroxylation is 1. The zero-order valence-corrected chi connectivity index (χ0v) is 11.5. The van der Waals surface area contributed by atoms with Gasteiger partial charge in [-0.1, -0.05) is 20.8 Å². The molecule has 1 unspecified atom stereocenters. The molecule has 0 amide bonds. The number of nitrogens with zero attached hydrogens (tertiary/aromatic N) is 2. The van der Waals surface area contributed by atoms with Crippen LogP contribution in [0.4, 0.5) is 11.8 Å². The quantitative estimate of drug-likeness (QED) is 0.797. The van der Waals surface area contributed by atoms with E-state index < -0.39 is 0 Å². The Morgan fingerprint density at radius 2 is 2.00 bits per heavy atom. The first-order chi connectivity index (χ1) is 8.04. The van der Waals surface area contributed by atoms with E-state index in [4.69, 9.17) is 0 Å². The van der Waals surface area contributed by atoms with E-state index >= 15 is 0 Å². The molecule has 1 atom stereocenters. The predicted molar refractivity (Wildman–Crippen MR) is 73.5 cm³/mol. The van der Waals surface area contributed by atoms with Crippen LogP contribution in [0.2, 0.25) is 0 Å². The highest BCUT2D eigenvalue weighted by Gasteiger charge is 2.10. The van der Waals surface area contributed by atoms with Crippen LogP contribution in [-0.4, -0.2) is 22.6 Å². The Labute approximate surface area is 104 Å². The largest absolute Gasteiger partial charge is 0.367 e. The molecule has 4 heteroatoms. The molecule has 1 rings (SSSR count). The lowest BCUT2D eigenvalue weighted by atomic mass is 10.1. The van der Waals surface area contributed by atoms with Crippen molar-refractivity contribution in [3.63, 3.8) is 0 Å². The van der Waals surface area contributed by atoms with Gasteiger partial charge in [0, 0.05) is 24.3 Å². The van der Waals surface area contributed by atoms with E-state index in [0.29, 0.717) is 17.9 Å². The minimum absolute atomic E-state index is 0.405. The molecule has 0 spiro atoms. The minimum atomic E-state index is 0.405. The Bertz CT molecular complexity index is 349. The van der Waals surface area contributed by atoms with Crippen molar-refractivity contribution in [1.82, 2.24) is 9.97 Å². The van der Waals surface area contributed by atoms with Gasteiger partial charge in [0.1, 0.15) is 5.82 Å². The van der Waals surface area contributed by atoms with Crippen molar-refractivity contribution in [1.29, 1.82) is 0 Å². The summed E-state index contributed by atoms with van der Waals surface area (Å²) >= 11 is 0. The lowest BCUT2D eigenvalue weighted by Crippen LogP contribution is -2.23. The average Bonchev–Trinajstić information content (AvgIpc) is 2.29. The Morgan fingerprint density at radius 3 is 2.59 bits per heavy atom. The third-order valence-electron chi connectivity index (χ3n) is 2.87. The van der Waals surface area contributed by atoms with Gasteiger partial charge in [-0.2, -0.15) is 4.98 Å². The summed E-state index contributed by atoms with van der Waals surface area (Å²) in [5.74, 6) is 2.21. The van der Waals surface area contributed by atoms with E-state index in [1.165, 1.54) is 0 Å². The van der Waals surface area contributed by atoms with E-state index in [2.05, 4.69) is 48.3 Å². The molecule has 0 bridgehead atoms. The Kier molecular flexibility index (Phi) is 5.19. The van der Waals surface area contributed by atoms with Gasteiger partial charge in [-0.25, -0.2) is 4.98 Å². The van der Waals surface area contributed by atoms with E-state index in [1.54, 1.807) is 0 Å². The molecule has 1 heterocycles. The molecule has 0 fully saturated rings. The van der Waals surface area contributed by atoms with Crippen LogP contribution < -0.4 is 10.6 Å². The molecule has 0 aliphatic carbocycles. The highest BCUT2D eigenvalue weighted by Crippen LogP contribution is 2.16. The van der Waals surface area contributed by atoms with E-state index in [0.717, 1.165) is 24.3 Å². The molecule has 1 aromatic rings. The van der Waals surface area contributed by atoms with Crippen molar-refractivity contribution >= 4 is 11.8 Å². The maximum absolute atomic E-state index is 4.50. The zero-order chi connectivity index (χ0) is 12.8. The Balaban J connectivity index is 2.75. The molecule has 0 saturated heterocycles. The second-order valence-electron chi connectivity index (χ2n) is 4.83. The molecule has 4 nitrogen and oxygen atoms in total. The first kappa shape index (κ1) is 13.7. The molecule has 96 valence electrons. The van der Waals surface area contributed by atoms with Gasteiger partial charge in [0.15, 0.2) is 0 Å². The number of hydrogen-bond donors (Lipinski definition) is 2. The minimum Gasteiger partial charge on any atom is -0.367 e. The van der Waals surface area contributed by atoms with Crippen LogP contribution in [0.25, 0.3) is 0 Å². The van der Waals surface area contributed by atoms with Crippen LogP contribution in [-0.2, 0) is 0 Å². The molecule has 0 radical (unpaired) electrons. The SMILES string of the molecule is CCCNc1ncc(C)c(NC(C)C(C)C)n1. The summed E-state index contributed by atoms with van der Waals surface area (Å²) in [6.45, 7) is 11.6. The highest BCUT2D eigenvalue weighted by atomic mass is 15.1. The van der Waals surface area contributed by atoms with Gasteiger partial charge in [-0.15, -0.1) is 0 Å². The first-order valence-electron chi connectivity index (χ1n) is 6.38. The van der Waals surface area contributed by atoms with E-state index in [1.807, 2.05) is 13.1 Å². The summed E-state index contributed by atoms with van der Waals surface area (Å²) in [6, 6.07) is 0.405. The van der Waals surface area contributed by atoms with Crippen molar-refractivity contribution in [2.75, 3.05) is 17.2 Å². The fraction of sp³-hybridized carbons (Fsp3) is 0.692. The standard InChI is InChI=1S/C13H24N4/c1-6-7-14-13-15-8-10(4)12(17-13)16-11(5)9(2)3/h8-9,11H,6-7H2,1-5H3,(H2,14,15,16,17). The summed E-state index contributed by atoms with van der Waals surface area (Å²) in [6.07, 6.45) is 2.93. The number of anilines is 2. The summed E-state index contributed by atoms with van der Waals surface area (Å²) in [7, 11) is 0. The van der Waals surface area contributed by atoms with Gasteiger partial charge < -0.3 is 10.6 Å². The van der Waals surface area contributed by atoms with E-state index in [-0.39, 0.29) is 0 Å². The third-order valence-corrected chi connectivity index (χ3v) is 2.87. The number of rotatable bonds is 6. The van der Waals surface area contributed by atoms with Gasteiger partial charge in [-0.3, -0.25) is 0 Å². The zero-order valence-electron chi connectivity index (χ0n) is 11.5. The molecule has 17 heavy (non-hydrogen) atoms. The molecular weight excluding hydrogens is 212 g/mol. The van der Waals surface area contributed by atoms with Crippen molar-refractivity contribution in [2.45, 2.75) is 47.1 Å². The molecular formula is C13H24N4. The average molecular weight is 236 g/mol. The van der Waals surface area contributed by atoms with Crippen molar-refractivity contribution < 1.29 is 0 Å². The highest BCUT2D eigenvalue weighted by molar-refractivity contribution is 5.47. The van der Waals surface area contributed by atoms with Gasteiger partial charge in [0.2, 0.25) is 5.95 Å². The van der Waals surface area contributed by atoms with Gasteiger partial charge in [0.05, 0.1) is 0 Å². The van der Waals surface area contributed by atoms with E-state index in [9.17, 15) is 0 Å². The van der Waals surface area contributed by atoms with Crippen LogP contribution in [0.5, 0.6) is 0 Å². The van der Waals surface area contributed by atoms with Crippen LogP contribution in [0, 0.1) is 12.8 Å². The summed E-state index contributed by atoms with van der Waals surface area (Å²) < 4.78 is 0. The first-order valence-corrected chi connectivity index (χ1v) is 6.38. The van der Waals surface area contributed by atoms with Crippen LogP contribution in [0.15, 0.2) is 6.20 Å². The van der Waals surface area contributed by atoms with Crippen LogP contribution >= 0.6 is 0 Å². The maximum atomic E-state index is 4.50. The third kappa shape index (κ3) is 4.21. The normalized spacial score (nSPS) is 12.6. The number of nitrogens with one attached hydrogen (secondary N) is 2. The number of hydrogen-bond acceptors (Lipinski definition) is 4. The second-order valence-corrected chi connectivity index (χ2v) is 4.83. The molecule has 1 aromatic heterocycles. The smallest absolute Gasteiger partial charge is 0.224 e. The van der Waals surface area contributed by atoms with Crippen molar-refractivity contribution in [3.8, 4) is 0 Å². The molecule has 2 N–H and O–H groups in total. The Morgan fingerprint density at radius 1 is 1.29 bits per heavy atom. The topological polar surface area (TPSA) is 49.8 Å². The van der Waals surface area contributed by atoms with Crippen molar-refractivity contribution in [2.24, 2.45) is 5.92 Å². The van der Waals surface area contributed by atoms with Crippen LogP contribution in [0.3, 0.4) is 0 Å². The second kappa shape index (κ2) is 6.42. The monoisotopic (exact) mass is 236 g/mol. The Hall–Kier alpha value is -1.32.